The monoisotopic (exact) mass is 462 g/mol. The van der Waals surface area contributed by atoms with Crippen LogP contribution in [0, 0.1) is 0 Å². The molecule has 1 saturated heterocycles. The molecular formula is C28H34N2O4. The van der Waals surface area contributed by atoms with E-state index in [4.69, 9.17) is 9.47 Å². The molecule has 2 N–H and O–H groups in total. The van der Waals surface area contributed by atoms with E-state index < -0.39 is 5.97 Å². The Bertz CT molecular complexity index is 1110. The molecule has 0 saturated carbocycles. The molecule has 0 aliphatic carbocycles. The second-order valence-corrected chi connectivity index (χ2v) is 8.80. The standard InChI is InChI=1S/C28H34N2O4/c1-3-33-15-16-34-27-12-11-24(17-22(27)18-28(31)32)30-14-13-23(19-30)29-20(2)25-10-6-8-21-7-4-5-9-26(21)25/h4-12,17,20,23,29H,3,13-16,18-19H2,1-2H3,(H,31,32)/t20-,23+/m1/s1. The maximum absolute atomic E-state index is 11.4. The van der Waals surface area contributed by atoms with Crippen LogP contribution in [0.4, 0.5) is 5.69 Å². The van der Waals surface area contributed by atoms with Crippen molar-refractivity contribution in [3.05, 3.63) is 71.8 Å². The first-order valence-electron chi connectivity index (χ1n) is 12.1. The number of carboxylic acids is 1. The molecule has 1 aliphatic heterocycles. The van der Waals surface area contributed by atoms with Crippen LogP contribution in [0.3, 0.4) is 0 Å². The second kappa shape index (κ2) is 11.4. The maximum Gasteiger partial charge on any atom is 0.307 e. The summed E-state index contributed by atoms with van der Waals surface area (Å²) in [6.45, 7) is 7.49. The number of nitrogens with one attached hydrogen (secondary N) is 1. The molecule has 3 aromatic rings. The van der Waals surface area contributed by atoms with Gasteiger partial charge in [-0.15, -0.1) is 0 Å². The van der Waals surface area contributed by atoms with Crippen LogP contribution < -0.4 is 15.0 Å². The molecule has 0 unspecified atom stereocenters. The summed E-state index contributed by atoms with van der Waals surface area (Å²) in [6, 6.07) is 21.5. The summed E-state index contributed by atoms with van der Waals surface area (Å²) in [5.74, 6) is -0.249. The normalized spacial score (nSPS) is 16.6. The highest BCUT2D eigenvalue weighted by atomic mass is 16.5. The first-order chi connectivity index (χ1) is 16.5. The first kappa shape index (κ1) is 24.0. The van der Waals surface area contributed by atoms with Crippen LogP contribution in [0.25, 0.3) is 10.8 Å². The van der Waals surface area contributed by atoms with Crippen LogP contribution >= 0.6 is 0 Å². The van der Waals surface area contributed by atoms with E-state index >= 15 is 0 Å². The third kappa shape index (κ3) is 5.88. The highest BCUT2D eigenvalue weighted by molar-refractivity contribution is 5.86. The van der Waals surface area contributed by atoms with Crippen molar-refractivity contribution in [1.29, 1.82) is 0 Å². The summed E-state index contributed by atoms with van der Waals surface area (Å²) in [5.41, 5.74) is 3.05. The maximum atomic E-state index is 11.4. The molecule has 6 nitrogen and oxygen atoms in total. The van der Waals surface area contributed by atoms with Crippen LogP contribution in [0.15, 0.2) is 60.7 Å². The third-order valence-corrected chi connectivity index (χ3v) is 6.40. The van der Waals surface area contributed by atoms with Crippen molar-refractivity contribution in [2.24, 2.45) is 0 Å². The number of anilines is 1. The van der Waals surface area contributed by atoms with Gasteiger partial charge in [-0.1, -0.05) is 42.5 Å². The summed E-state index contributed by atoms with van der Waals surface area (Å²) in [6.07, 6.45) is 0.974. The van der Waals surface area contributed by atoms with Gasteiger partial charge in [0.25, 0.3) is 0 Å². The molecule has 0 bridgehead atoms. The largest absolute Gasteiger partial charge is 0.491 e. The van der Waals surface area contributed by atoms with Gasteiger partial charge in [0.1, 0.15) is 12.4 Å². The summed E-state index contributed by atoms with van der Waals surface area (Å²) in [5, 5.41) is 15.7. The van der Waals surface area contributed by atoms with E-state index in [1.165, 1.54) is 16.3 Å². The van der Waals surface area contributed by atoms with E-state index in [9.17, 15) is 9.90 Å². The predicted octanol–water partition coefficient (Wildman–Crippen LogP) is 4.81. The Labute approximate surface area is 201 Å². The number of benzene rings is 3. The van der Waals surface area contributed by atoms with Crippen LogP contribution in [0.2, 0.25) is 0 Å². The smallest absolute Gasteiger partial charge is 0.307 e. The number of nitrogens with zero attached hydrogens (tertiary/aromatic N) is 1. The average Bonchev–Trinajstić information content (AvgIpc) is 3.30. The lowest BCUT2D eigenvalue weighted by Gasteiger charge is -2.23. The Morgan fingerprint density at radius 2 is 1.97 bits per heavy atom. The van der Waals surface area contributed by atoms with E-state index in [0.717, 1.165) is 25.2 Å². The topological polar surface area (TPSA) is 71.0 Å². The van der Waals surface area contributed by atoms with Crippen molar-refractivity contribution in [2.75, 3.05) is 37.8 Å². The van der Waals surface area contributed by atoms with Gasteiger partial charge in [-0.2, -0.15) is 0 Å². The molecule has 0 spiro atoms. The van der Waals surface area contributed by atoms with E-state index in [0.29, 0.717) is 37.2 Å². The molecule has 6 heteroatoms. The van der Waals surface area contributed by atoms with Gasteiger partial charge in [0, 0.05) is 43.0 Å². The summed E-state index contributed by atoms with van der Waals surface area (Å²) in [7, 11) is 0. The van der Waals surface area contributed by atoms with Crippen LogP contribution in [-0.4, -0.2) is 50.0 Å². The van der Waals surface area contributed by atoms with Gasteiger partial charge < -0.3 is 24.8 Å². The molecule has 2 atom stereocenters. The molecule has 180 valence electrons. The van der Waals surface area contributed by atoms with Gasteiger partial charge in [0.15, 0.2) is 0 Å². The van der Waals surface area contributed by atoms with Crippen molar-refractivity contribution in [3.63, 3.8) is 0 Å². The van der Waals surface area contributed by atoms with Gasteiger partial charge in [-0.25, -0.2) is 0 Å². The van der Waals surface area contributed by atoms with Crippen LogP contribution in [0.1, 0.15) is 37.4 Å². The summed E-state index contributed by atoms with van der Waals surface area (Å²) < 4.78 is 11.1. The van der Waals surface area contributed by atoms with Crippen LogP contribution in [-0.2, 0) is 16.0 Å². The van der Waals surface area contributed by atoms with Crippen molar-refractivity contribution >= 4 is 22.4 Å². The lowest BCUT2D eigenvalue weighted by molar-refractivity contribution is -0.136. The number of hydrogen-bond donors (Lipinski definition) is 2. The third-order valence-electron chi connectivity index (χ3n) is 6.40. The van der Waals surface area contributed by atoms with Crippen molar-refractivity contribution in [3.8, 4) is 5.75 Å². The van der Waals surface area contributed by atoms with E-state index in [-0.39, 0.29) is 12.5 Å². The number of fused-ring (bicyclic) bond motifs is 1. The van der Waals surface area contributed by atoms with E-state index in [1.54, 1.807) is 0 Å². The SMILES string of the molecule is CCOCCOc1ccc(N2CC[C@H](N[C@H](C)c3cccc4ccccc34)C2)cc1CC(=O)O. The van der Waals surface area contributed by atoms with Crippen LogP contribution in [0.5, 0.6) is 5.75 Å². The molecule has 1 aliphatic rings. The van der Waals surface area contributed by atoms with Gasteiger partial charge in [-0.05, 0) is 54.8 Å². The molecule has 1 heterocycles. The molecule has 34 heavy (non-hydrogen) atoms. The second-order valence-electron chi connectivity index (χ2n) is 8.80. The molecule has 0 radical (unpaired) electrons. The Morgan fingerprint density at radius 3 is 2.79 bits per heavy atom. The lowest BCUT2D eigenvalue weighted by atomic mass is 9.99. The first-order valence-corrected chi connectivity index (χ1v) is 12.1. The number of rotatable bonds is 11. The summed E-state index contributed by atoms with van der Waals surface area (Å²) >= 11 is 0. The number of ether oxygens (including phenoxy) is 2. The zero-order chi connectivity index (χ0) is 23.9. The zero-order valence-electron chi connectivity index (χ0n) is 20.0. The fourth-order valence-corrected chi connectivity index (χ4v) is 4.76. The number of carboxylic acid groups (broad SMARTS) is 1. The Balaban J connectivity index is 1.42. The average molecular weight is 463 g/mol. The zero-order valence-corrected chi connectivity index (χ0v) is 20.0. The number of hydrogen-bond acceptors (Lipinski definition) is 5. The predicted molar refractivity (Wildman–Crippen MR) is 136 cm³/mol. The molecular weight excluding hydrogens is 428 g/mol. The molecule has 4 rings (SSSR count). The quantitative estimate of drug-likeness (QED) is 0.399. The highest BCUT2D eigenvalue weighted by Gasteiger charge is 2.25. The molecule has 0 aromatic heterocycles. The van der Waals surface area contributed by atoms with Crippen molar-refractivity contribution < 1.29 is 19.4 Å². The molecule has 0 amide bonds. The Kier molecular flexibility index (Phi) is 8.03. The molecule has 3 aromatic carbocycles. The van der Waals surface area contributed by atoms with Gasteiger partial charge in [0.2, 0.25) is 0 Å². The van der Waals surface area contributed by atoms with Gasteiger partial charge in [0.05, 0.1) is 13.0 Å². The Morgan fingerprint density at radius 1 is 1.15 bits per heavy atom. The number of aliphatic carboxylic acids is 1. The fraction of sp³-hybridized carbons (Fsp3) is 0.393. The van der Waals surface area contributed by atoms with E-state index in [2.05, 4.69) is 59.6 Å². The molecule has 1 fully saturated rings. The Hall–Kier alpha value is -3.09. The fourth-order valence-electron chi connectivity index (χ4n) is 4.76. The van der Waals surface area contributed by atoms with Gasteiger partial charge in [-0.3, -0.25) is 4.79 Å². The lowest BCUT2D eigenvalue weighted by Crippen LogP contribution is -2.34. The summed E-state index contributed by atoms with van der Waals surface area (Å²) in [4.78, 5) is 13.7. The minimum Gasteiger partial charge on any atom is -0.491 e. The van der Waals surface area contributed by atoms with Crippen molar-refractivity contribution in [2.45, 2.75) is 38.8 Å². The van der Waals surface area contributed by atoms with Gasteiger partial charge >= 0.3 is 5.97 Å². The van der Waals surface area contributed by atoms with E-state index in [1.807, 2.05) is 25.1 Å². The minimum absolute atomic E-state index is 0.0640. The highest BCUT2D eigenvalue weighted by Crippen LogP contribution is 2.30. The minimum atomic E-state index is -0.864. The number of carbonyl (C=O) groups is 1. The van der Waals surface area contributed by atoms with Crippen molar-refractivity contribution in [1.82, 2.24) is 5.32 Å².